The lowest BCUT2D eigenvalue weighted by atomic mass is 9.74. The number of phenols is 1. The standard InChI is InChI=1S/C19H20O5/c20-12-6-2-1-5-11(12)17(18-13(21)7-3-8-14(18)22)19-15(23)9-4-10-16(19)24/h1-2,5-6,17,20-21,23H,3-4,7-10H2. The molecule has 0 heterocycles. The average Bonchev–Trinajstić information content (AvgIpc) is 2.53. The van der Waals surface area contributed by atoms with Crippen molar-refractivity contribution < 1.29 is 24.9 Å². The molecule has 0 radical (unpaired) electrons. The van der Waals surface area contributed by atoms with Crippen LogP contribution in [-0.4, -0.2) is 26.9 Å². The molecule has 3 N–H and O–H groups in total. The van der Waals surface area contributed by atoms with E-state index >= 15 is 0 Å². The molecule has 0 bridgehead atoms. The number of hydrogen-bond donors (Lipinski definition) is 3. The molecule has 0 aliphatic heterocycles. The maximum Gasteiger partial charge on any atom is 0.163 e. The molecule has 3 rings (SSSR count). The fourth-order valence-corrected chi connectivity index (χ4v) is 3.54. The Morgan fingerprint density at radius 3 is 1.71 bits per heavy atom. The van der Waals surface area contributed by atoms with Gasteiger partial charge in [0.1, 0.15) is 5.75 Å². The minimum atomic E-state index is -0.924. The number of allylic oxidation sites excluding steroid dienone is 4. The summed E-state index contributed by atoms with van der Waals surface area (Å²) in [4.78, 5) is 24.9. The molecule has 0 saturated carbocycles. The smallest absolute Gasteiger partial charge is 0.163 e. The predicted molar refractivity (Wildman–Crippen MR) is 87.9 cm³/mol. The molecule has 0 amide bonds. The number of carbonyl (C=O) groups excluding carboxylic acids is 2. The van der Waals surface area contributed by atoms with E-state index in [0.29, 0.717) is 31.2 Å². The first-order valence-electron chi connectivity index (χ1n) is 8.19. The van der Waals surface area contributed by atoms with Crippen molar-refractivity contribution in [3.8, 4) is 5.75 Å². The van der Waals surface area contributed by atoms with Crippen molar-refractivity contribution in [3.63, 3.8) is 0 Å². The average molecular weight is 328 g/mol. The molecule has 0 aromatic heterocycles. The van der Waals surface area contributed by atoms with Gasteiger partial charge in [-0.25, -0.2) is 0 Å². The normalized spacial score (nSPS) is 19.4. The van der Waals surface area contributed by atoms with Gasteiger partial charge in [-0.2, -0.15) is 0 Å². The van der Waals surface area contributed by atoms with Crippen LogP contribution in [0.5, 0.6) is 5.75 Å². The molecule has 24 heavy (non-hydrogen) atoms. The number of rotatable bonds is 3. The number of hydrogen-bond acceptors (Lipinski definition) is 5. The van der Waals surface area contributed by atoms with Crippen LogP contribution in [0.4, 0.5) is 0 Å². The summed E-state index contributed by atoms with van der Waals surface area (Å²) in [5.41, 5.74) is 0.602. The summed E-state index contributed by atoms with van der Waals surface area (Å²) in [7, 11) is 0. The van der Waals surface area contributed by atoms with Crippen molar-refractivity contribution in [2.24, 2.45) is 0 Å². The summed E-state index contributed by atoms with van der Waals surface area (Å²) in [5.74, 6) is -1.60. The molecular weight excluding hydrogens is 308 g/mol. The van der Waals surface area contributed by atoms with Crippen molar-refractivity contribution in [1.82, 2.24) is 0 Å². The second-order valence-electron chi connectivity index (χ2n) is 6.27. The molecule has 126 valence electrons. The van der Waals surface area contributed by atoms with E-state index in [0.717, 1.165) is 0 Å². The lowest BCUT2D eigenvalue weighted by molar-refractivity contribution is -0.117. The number of phenolic OH excluding ortho intramolecular Hbond substituents is 1. The summed E-state index contributed by atoms with van der Waals surface area (Å²) in [6.45, 7) is 0. The fraction of sp³-hybridized carbons (Fsp3) is 0.368. The Labute approximate surface area is 139 Å². The van der Waals surface area contributed by atoms with E-state index in [-0.39, 0.29) is 52.8 Å². The highest BCUT2D eigenvalue weighted by Crippen LogP contribution is 2.44. The molecule has 0 fully saturated rings. The van der Waals surface area contributed by atoms with Crippen molar-refractivity contribution in [2.75, 3.05) is 0 Å². The lowest BCUT2D eigenvalue weighted by Gasteiger charge is -2.28. The van der Waals surface area contributed by atoms with Gasteiger partial charge in [0, 0.05) is 42.4 Å². The molecule has 5 nitrogen and oxygen atoms in total. The fourth-order valence-electron chi connectivity index (χ4n) is 3.54. The van der Waals surface area contributed by atoms with Gasteiger partial charge in [0.15, 0.2) is 11.6 Å². The molecule has 1 aromatic carbocycles. The number of carbonyl (C=O) groups is 2. The van der Waals surface area contributed by atoms with Crippen LogP contribution < -0.4 is 0 Å². The van der Waals surface area contributed by atoms with Crippen molar-refractivity contribution in [3.05, 3.63) is 52.5 Å². The molecule has 0 unspecified atom stereocenters. The van der Waals surface area contributed by atoms with E-state index in [2.05, 4.69) is 0 Å². The third-order valence-corrected chi connectivity index (χ3v) is 4.68. The maximum atomic E-state index is 12.5. The minimum absolute atomic E-state index is 0.0572. The van der Waals surface area contributed by atoms with Crippen molar-refractivity contribution >= 4 is 11.6 Å². The van der Waals surface area contributed by atoms with E-state index in [1.54, 1.807) is 18.2 Å². The highest BCUT2D eigenvalue weighted by atomic mass is 16.3. The summed E-state index contributed by atoms with van der Waals surface area (Å²) in [6.07, 6.45) is 2.39. The summed E-state index contributed by atoms with van der Waals surface area (Å²) < 4.78 is 0. The van der Waals surface area contributed by atoms with Gasteiger partial charge in [-0.3, -0.25) is 9.59 Å². The van der Waals surface area contributed by atoms with E-state index in [9.17, 15) is 24.9 Å². The summed E-state index contributed by atoms with van der Waals surface area (Å²) >= 11 is 0. The number of Topliss-reactive ketones (excluding diaryl/α,β-unsaturated/α-hetero) is 2. The van der Waals surface area contributed by atoms with Gasteiger partial charge in [-0.05, 0) is 18.9 Å². The van der Waals surface area contributed by atoms with Crippen molar-refractivity contribution in [2.45, 2.75) is 44.4 Å². The molecule has 0 saturated heterocycles. The van der Waals surface area contributed by atoms with Gasteiger partial charge in [0.25, 0.3) is 0 Å². The van der Waals surface area contributed by atoms with E-state index in [4.69, 9.17) is 0 Å². The minimum Gasteiger partial charge on any atom is -0.512 e. The van der Waals surface area contributed by atoms with Gasteiger partial charge >= 0.3 is 0 Å². The first-order valence-corrected chi connectivity index (χ1v) is 8.19. The quantitative estimate of drug-likeness (QED) is 0.788. The van der Waals surface area contributed by atoms with E-state index in [1.807, 2.05) is 0 Å². The molecule has 2 aliphatic carbocycles. The van der Waals surface area contributed by atoms with Gasteiger partial charge in [0.2, 0.25) is 0 Å². The third-order valence-electron chi connectivity index (χ3n) is 4.68. The Bertz CT molecular complexity index is 715. The Hall–Kier alpha value is -2.56. The first-order chi connectivity index (χ1) is 11.5. The zero-order valence-electron chi connectivity index (χ0n) is 13.3. The van der Waals surface area contributed by atoms with Gasteiger partial charge < -0.3 is 15.3 Å². The predicted octanol–water partition coefficient (Wildman–Crippen LogP) is 3.61. The number of aromatic hydroxyl groups is 1. The van der Waals surface area contributed by atoms with Gasteiger partial charge in [0.05, 0.1) is 17.4 Å². The van der Waals surface area contributed by atoms with Crippen LogP contribution in [-0.2, 0) is 9.59 Å². The Morgan fingerprint density at radius 1 is 0.750 bits per heavy atom. The SMILES string of the molecule is O=C1CCCC(O)=C1C(C1=C(O)CCCC1=O)c1ccccc1O. The zero-order chi connectivity index (χ0) is 17.3. The molecule has 2 aliphatic rings. The Morgan fingerprint density at radius 2 is 1.25 bits per heavy atom. The van der Waals surface area contributed by atoms with Crippen LogP contribution >= 0.6 is 0 Å². The number of aliphatic hydroxyl groups is 2. The third kappa shape index (κ3) is 2.82. The molecule has 5 heteroatoms. The van der Waals surface area contributed by atoms with Gasteiger partial charge in [-0.15, -0.1) is 0 Å². The number of ketones is 2. The zero-order valence-corrected chi connectivity index (χ0v) is 13.3. The molecule has 0 spiro atoms. The second kappa shape index (κ2) is 6.51. The molecule has 1 aromatic rings. The van der Waals surface area contributed by atoms with E-state index < -0.39 is 5.92 Å². The molecule has 0 atom stereocenters. The first kappa shape index (κ1) is 16.3. The highest BCUT2D eigenvalue weighted by molar-refractivity contribution is 6.05. The monoisotopic (exact) mass is 328 g/mol. The molecular formula is C19H20O5. The van der Waals surface area contributed by atoms with Crippen LogP contribution in [0, 0.1) is 0 Å². The highest BCUT2D eigenvalue weighted by Gasteiger charge is 2.38. The Balaban J connectivity index is 2.25. The summed E-state index contributed by atoms with van der Waals surface area (Å²) in [5, 5.41) is 30.9. The van der Waals surface area contributed by atoms with Crippen molar-refractivity contribution in [1.29, 1.82) is 0 Å². The van der Waals surface area contributed by atoms with Crippen LogP contribution in [0.3, 0.4) is 0 Å². The van der Waals surface area contributed by atoms with Crippen LogP contribution in [0.15, 0.2) is 46.9 Å². The second-order valence-corrected chi connectivity index (χ2v) is 6.27. The van der Waals surface area contributed by atoms with Gasteiger partial charge in [-0.1, -0.05) is 18.2 Å². The maximum absolute atomic E-state index is 12.5. The van der Waals surface area contributed by atoms with Crippen LogP contribution in [0.1, 0.15) is 50.0 Å². The number of benzene rings is 1. The number of para-hydroxylation sites is 1. The Kier molecular flexibility index (Phi) is 4.42. The van der Waals surface area contributed by atoms with E-state index in [1.165, 1.54) is 6.07 Å². The largest absolute Gasteiger partial charge is 0.512 e. The number of aliphatic hydroxyl groups excluding tert-OH is 2. The lowest BCUT2D eigenvalue weighted by Crippen LogP contribution is -2.25. The van der Waals surface area contributed by atoms with Crippen LogP contribution in [0.25, 0.3) is 0 Å². The summed E-state index contributed by atoms with van der Waals surface area (Å²) in [6, 6.07) is 6.42. The van der Waals surface area contributed by atoms with Crippen LogP contribution in [0.2, 0.25) is 0 Å². The topological polar surface area (TPSA) is 94.8 Å².